The molecule has 1 heterocycles. The molecule has 0 aliphatic carbocycles. The molecule has 4 N–H and O–H groups in total. The fourth-order valence-corrected chi connectivity index (χ4v) is 1.85. The van der Waals surface area contributed by atoms with Gasteiger partial charge >= 0.3 is 5.69 Å². The van der Waals surface area contributed by atoms with Gasteiger partial charge < -0.3 is 5.32 Å². The second-order valence-corrected chi connectivity index (χ2v) is 4.97. The van der Waals surface area contributed by atoms with Gasteiger partial charge in [0.05, 0.1) is 12.8 Å². The predicted octanol–water partition coefficient (Wildman–Crippen LogP) is -0.217. The number of aromatic nitrogens is 3. The lowest BCUT2D eigenvalue weighted by atomic mass is 10.2. The molecule has 0 radical (unpaired) electrons. The van der Waals surface area contributed by atoms with Gasteiger partial charge in [-0.1, -0.05) is 28.1 Å². The zero-order valence-corrected chi connectivity index (χ0v) is 12.7. The summed E-state index contributed by atoms with van der Waals surface area (Å²) in [7, 11) is 0. The van der Waals surface area contributed by atoms with Crippen molar-refractivity contribution in [3.8, 4) is 0 Å². The third-order valence-electron chi connectivity index (χ3n) is 2.38. The van der Waals surface area contributed by atoms with Crippen molar-refractivity contribution in [1.82, 2.24) is 20.6 Å². The van der Waals surface area contributed by atoms with Crippen LogP contribution in [0.15, 0.2) is 43.4 Å². The van der Waals surface area contributed by atoms with Gasteiger partial charge in [0.15, 0.2) is 0 Å². The molecule has 1 aromatic heterocycles. The van der Waals surface area contributed by atoms with Crippen LogP contribution in [0.5, 0.6) is 0 Å². The van der Waals surface area contributed by atoms with Crippen molar-refractivity contribution in [1.29, 1.82) is 0 Å². The summed E-state index contributed by atoms with van der Waals surface area (Å²) in [6.45, 7) is -0.224. The molecule has 0 fully saturated rings. The molecule has 0 saturated heterocycles. The first-order valence-electron chi connectivity index (χ1n) is 6.05. The molecule has 10 heteroatoms. The number of aromatic amines is 2. The van der Waals surface area contributed by atoms with Crippen LogP contribution in [-0.2, 0) is 4.79 Å². The Hall–Kier alpha value is -2.75. The van der Waals surface area contributed by atoms with E-state index >= 15 is 0 Å². The maximum atomic E-state index is 11.5. The van der Waals surface area contributed by atoms with Crippen molar-refractivity contribution in [3.63, 3.8) is 0 Å². The van der Waals surface area contributed by atoms with Crippen molar-refractivity contribution in [3.05, 3.63) is 55.1 Å². The monoisotopic (exact) mass is 366 g/mol. The van der Waals surface area contributed by atoms with Gasteiger partial charge in [-0.3, -0.25) is 14.6 Å². The van der Waals surface area contributed by atoms with Crippen LogP contribution in [0, 0.1) is 0 Å². The molecule has 1 amide bonds. The van der Waals surface area contributed by atoms with Gasteiger partial charge in [0.1, 0.15) is 0 Å². The van der Waals surface area contributed by atoms with Crippen molar-refractivity contribution < 1.29 is 4.79 Å². The van der Waals surface area contributed by atoms with Gasteiger partial charge in [0.25, 0.3) is 11.5 Å². The lowest BCUT2D eigenvalue weighted by Crippen LogP contribution is -2.31. The number of anilines is 1. The summed E-state index contributed by atoms with van der Waals surface area (Å²) >= 11 is 3.32. The third-order valence-corrected chi connectivity index (χ3v) is 2.87. The Labute approximate surface area is 132 Å². The number of carbonyl (C=O) groups is 1. The van der Waals surface area contributed by atoms with E-state index < -0.39 is 17.2 Å². The summed E-state index contributed by atoms with van der Waals surface area (Å²) in [4.78, 5) is 35.6. The number of hydrazone groups is 1. The van der Waals surface area contributed by atoms with E-state index in [1.807, 2.05) is 34.3 Å². The molecule has 0 spiro atoms. The summed E-state index contributed by atoms with van der Waals surface area (Å²) < 4.78 is 0.896. The second-order valence-electron chi connectivity index (χ2n) is 4.06. The van der Waals surface area contributed by atoms with E-state index in [1.54, 1.807) is 0 Å². The minimum atomic E-state index is -0.723. The van der Waals surface area contributed by atoms with Gasteiger partial charge in [-0.05, 0) is 17.7 Å². The molecule has 0 saturated carbocycles. The molecule has 114 valence electrons. The molecule has 9 nitrogen and oxygen atoms in total. The minimum absolute atomic E-state index is 0.161. The van der Waals surface area contributed by atoms with Gasteiger partial charge in [-0.2, -0.15) is 5.10 Å². The molecular formula is C12H11BrN6O3. The normalized spacial score (nSPS) is 10.6. The predicted molar refractivity (Wildman–Crippen MR) is 83.8 cm³/mol. The molecule has 0 bridgehead atoms. The number of rotatable bonds is 5. The van der Waals surface area contributed by atoms with E-state index in [9.17, 15) is 14.4 Å². The Morgan fingerprint density at radius 2 is 2.23 bits per heavy atom. The Morgan fingerprint density at radius 3 is 2.95 bits per heavy atom. The topological polar surface area (TPSA) is 132 Å². The van der Waals surface area contributed by atoms with Crippen molar-refractivity contribution in [2.75, 3.05) is 11.9 Å². The van der Waals surface area contributed by atoms with Crippen LogP contribution >= 0.6 is 15.9 Å². The van der Waals surface area contributed by atoms with E-state index in [2.05, 4.69) is 36.9 Å². The summed E-state index contributed by atoms with van der Waals surface area (Å²) in [5.74, 6) is -0.635. The maximum Gasteiger partial charge on any atom is 0.342 e. The number of nitrogens with one attached hydrogen (secondary N) is 4. The quantitative estimate of drug-likeness (QED) is 0.429. The van der Waals surface area contributed by atoms with Crippen LogP contribution < -0.4 is 22.0 Å². The molecule has 0 unspecified atom stereocenters. The standard InChI is InChI=1S/C12H11BrN6O3/c13-8-3-1-2-7(4-8)5-15-17-9(20)6-14-10-11(21)16-12(22)19-18-10/h1-5H,6H2,(H,14,18)(H,17,20)(H2,16,19,21,22)/b15-5+. The number of amides is 1. The average molecular weight is 367 g/mol. The number of carbonyl (C=O) groups excluding carboxylic acids is 1. The smallest absolute Gasteiger partial charge is 0.342 e. The van der Waals surface area contributed by atoms with Crippen molar-refractivity contribution >= 4 is 33.9 Å². The van der Waals surface area contributed by atoms with Crippen LogP contribution in [0.1, 0.15) is 5.56 Å². The molecular weight excluding hydrogens is 356 g/mol. The van der Waals surface area contributed by atoms with Crippen LogP contribution in [0.3, 0.4) is 0 Å². The number of benzene rings is 1. The summed E-state index contributed by atoms with van der Waals surface area (Å²) in [5, 5.41) is 11.8. The summed E-state index contributed by atoms with van der Waals surface area (Å²) in [6.07, 6.45) is 1.48. The number of halogens is 1. The number of hydrogen-bond acceptors (Lipinski definition) is 6. The lowest BCUT2D eigenvalue weighted by Gasteiger charge is -2.02. The zero-order valence-electron chi connectivity index (χ0n) is 11.1. The number of H-pyrrole nitrogens is 2. The SMILES string of the molecule is O=C(CNc1n[nH]c(=O)[nH]c1=O)N/N=C/c1cccc(Br)c1. The number of nitrogens with zero attached hydrogens (tertiary/aromatic N) is 2. The minimum Gasteiger partial charge on any atom is -0.355 e. The Balaban J connectivity index is 1.85. The highest BCUT2D eigenvalue weighted by atomic mass is 79.9. The fourth-order valence-electron chi connectivity index (χ4n) is 1.44. The summed E-state index contributed by atoms with van der Waals surface area (Å²) in [5.41, 5.74) is 1.66. The average Bonchev–Trinajstić information content (AvgIpc) is 2.46. The van der Waals surface area contributed by atoms with Gasteiger partial charge in [-0.15, -0.1) is 5.10 Å². The first-order chi connectivity index (χ1) is 10.5. The van der Waals surface area contributed by atoms with E-state index in [0.29, 0.717) is 0 Å². The van der Waals surface area contributed by atoms with E-state index in [4.69, 9.17) is 0 Å². The first kappa shape index (κ1) is 15.6. The highest BCUT2D eigenvalue weighted by Gasteiger charge is 2.04. The van der Waals surface area contributed by atoms with Crippen molar-refractivity contribution in [2.24, 2.45) is 5.10 Å². The van der Waals surface area contributed by atoms with Crippen LogP contribution in [0.25, 0.3) is 0 Å². The molecule has 2 aromatic rings. The second kappa shape index (κ2) is 7.31. The van der Waals surface area contributed by atoms with Gasteiger partial charge in [-0.25, -0.2) is 15.3 Å². The molecule has 1 aromatic carbocycles. The molecule has 0 aliphatic rings. The highest BCUT2D eigenvalue weighted by molar-refractivity contribution is 9.10. The Kier molecular flexibility index (Phi) is 5.20. The molecule has 2 rings (SSSR count). The molecule has 0 aliphatic heterocycles. The van der Waals surface area contributed by atoms with Crippen LogP contribution in [0.4, 0.5) is 5.82 Å². The van der Waals surface area contributed by atoms with E-state index in [-0.39, 0.29) is 12.4 Å². The molecule has 22 heavy (non-hydrogen) atoms. The maximum absolute atomic E-state index is 11.5. The summed E-state index contributed by atoms with van der Waals surface area (Å²) in [6, 6.07) is 7.36. The lowest BCUT2D eigenvalue weighted by molar-refractivity contribution is -0.119. The first-order valence-corrected chi connectivity index (χ1v) is 6.84. The Morgan fingerprint density at radius 1 is 1.41 bits per heavy atom. The largest absolute Gasteiger partial charge is 0.355 e. The zero-order chi connectivity index (χ0) is 15.9. The fraction of sp³-hybridized carbons (Fsp3) is 0.0833. The van der Waals surface area contributed by atoms with E-state index in [1.165, 1.54) is 6.21 Å². The highest BCUT2D eigenvalue weighted by Crippen LogP contribution is 2.09. The van der Waals surface area contributed by atoms with Gasteiger partial charge in [0, 0.05) is 4.47 Å². The van der Waals surface area contributed by atoms with Crippen molar-refractivity contribution in [2.45, 2.75) is 0 Å². The molecule has 0 atom stereocenters. The van der Waals surface area contributed by atoms with Crippen LogP contribution in [-0.4, -0.2) is 33.8 Å². The Bertz CT molecular complexity index is 813. The number of hydrogen-bond donors (Lipinski definition) is 4. The van der Waals surface area contributed by atoms with Crippen LogP contribution in [0.2, 0.25) is 0 Å². The van der Waals surface area contributed by atoms with E-state index in [0.717, 1.165) is 10.0 Å². The van der Waals surface area contributed by atoms with Gasteiger partial charge in [0.2, 0.25) is 5.82 Å². The third kappa shape index (κ3) is 4.66.